The fourth-order valence-electron chi connectivity index (χ4n) is 2.30. The first-order chi connectivity index (χ1) is 9.13. The first-order valence-electron chi connectivity index (χ1n) is 6.22. The van der Waals surface area contributed by atoms with Crippen molar-refractivity contribution in [2.24, 2.45) is 4.99 Å². The first kappa shape index (κ1) is 12.3. The number of aromatic amines is 1. The van der Waals surface area contributed by atoms with Crippen LogP contribution in [0.5, 0.6) is 0 Å². The van der Waals surface area contributed by atoms with Crippen LogP contribution in [0.4, 0.5) is 0 Å². The number of aryl methyl sites for hydroxylation is 2. The molecule has 0 atom stereocenters. The number of hydrogen-bond donors (Lipinski definition) is 2. The van der Waals surface area contributed by atoms with Gasteiger partial charge in [0.25, 0.3) is 5.91 Å². The summed E-state index contributed by atoms with van der Waals surface area (Å²) in [4.78, 5) is 19.5. The summed E-state index contributed by atoms with van der Waals surface area (Å²) in [6.45, 7) is 4.89. The molecule has 5 heteroatoms. The van der Waals surface area contributed by atoms with Crippen LogP contribution in [-0.2, 0) is 0 Å². The van der Waals surface area contributed by atoms with Gasteiger partial charge in [0.05, 0.1) is 6.54 Å². The standard InChI is InChI=1S/C14H15N3OS/c1-8-5-9(2)10-7-12(16-11(10)6-8)13(18)17-14-15-3-4-19-14/h5-7,16H,3-4H2,1-2H3,(H,15,17,18). The summed E-state index contributed by atoms with van der Waals surface area (Å²) in [7, 11) is 0. The van der Waals surface area contributed by atoms with E-state index >= 15 is 0 Å². The van der Waals surface area contributed by atoms with E-state index in [-0.39, 0.29) is 5.91 Å². The molecule has 0 spiro atoms. The summed E-state index contributed by atoms with van der Waals surface area (Å²) in [6, 6.07) is 6.08. The molecule has 2 N–H and O–H groups in total. The van der Waals surface area contributed by atoms with E-state index in [0.717, 1.165) is 28.4 Å². The van der Waals surface area contributed by atoms with Crippen molar-refractivity contribution in [3.05, 3.63) is 35.0 Å². The molecule has 19 heavy (non-hydrogen) atoms. The molecular weight excluding hydrogens is 258 g/mol. The molecule has 0 fully saturated rings. The number of rotatable bonds is 1. The molecule has 0 radical (unpaired) electrons. The van der Waals surface area contributed by atoms with Gasteiger partial charge < -0.3 is 10.3 Å². The van der Waals surface area contributed by atoms with Crippen LogP contribution in [0.2, 0.25) is 0 Å². The van der Waals surface area contributed by atoms with Crippen molar-refractivity contribution in [2.45, 2.75) is 13.8 Å². The minimum absolute atomic E-state index is 0.124. The number of H-pyrrole nitrogens is 1. The monoisotopic (exact) mass is 273 g/mol. The van der Waals surface area contributed by atoms with E-state index in [1.807, 2.05) is 6.07 Å². The van der Waals surface area contributed by atoms with Crippen molar-refractivity contribution in [2.75, 3.05) is 12.3 Å². The Labute approximate surface area is 115 Å². The third-order valence-electron chi connectivity index (χ3n) is 3.14. The molecular formula is C14H15N3OS. The topological polar surface area (TPSA) is 57.2 Å². The van der Waals surface area contributed by atoms with Gasteiger partial charge in [-0.2, -0.15) is 0 Å². The van der Waals surface area contributed by atoms with Gasteiger partial charge >= 0.3 is 0 Å². The Morgan fingerprint density at radius 3 is 2.95 bits per heavy atom. The van der Waals surface area contributed by atoms with Crippen LogP contribution < -0.4 is 5.32 Å². The van der Waals surface area contributed by atoms with E-state index in [1.165, 1.54) is 11.1 Å². The summed E-state index contributed by atoms with van der Waals surface area (Å²) in [5.74, 6) is 0.821. The number of carbonyl (C=O) groups is 1. The van der Waals surface area contributed by atoms with Gasteiger partial charge in [-0.15, -0.1) is 0 Å². The number of nitrogens with zero attached hydrogens (tertiary/aromatic N) is 1. The average Bonchev–Trinajstić information content (AvgIpc) is 2.97. The Bertz CT molecular complexity index is 687. The lowest BCUT2D eigenvalue weighted by molar-refractivity contribution is 0.0974. The number of amidine groups is 1. The number of carbonyl (C=O) groups excluding carboxylic acids is 1. The van der Waals surface area contributed by atoms with Crippen LogP contribution in [0.3, 0.4) is 0 Å². The van der Waals surface area contributed by atoms with Gasteiger partial charge in [-0.25, -0.2) is 0 Å². The highest BCUT2D eigenvalue weighted by Gasteiger charge is 2.15. The Morgan fingerprint density at radius 2 is 2.21 bits per heavy atom. The van der Waals surface area contributed by atoms with Crippen LogP contribution in [0.1, 0.15) is 21.6 Å². The molecule has 2 heterocycles. The molecule has 1 aliphatic rings. The third kappa shape index (κ3) is 2.38. The molecule has 0 aliphatic carbocycles. The average molecular weight is 273 g/mol. The predicted octanol–water partition coefficient (Wildman–Crippen LogP) is 2.62. The number of fused-ring (bicyclic) bond motifs is 1. The molecule has 1 aromatic heterocycles. The Morgan fingerprint density at radius 1 is 1.37 bits per heavy atom. The quantitative estimate of drug-likeness (QED) is 0.839. The molecule has 1 aliphatic heterocycles. The van der Waals surface area contributed by atoms with Gasteiger partial charge in [0, 0.05) is 16.7 Å². The molecule has 0 saturated carbocycles. The molecule has 4 nitrogen and oxygen atoms in total. The minimum Gasteiger partial charge on any atom is -0.351 e. The van der Waals surface area contributed by atoms with Crippen LogP contribution in [0.15, 0.2) is 23.2 Å². The fourth-order valence-corrected chi connectivity index (χ4v) is 3.02. The number of aliphatic imine (C=N–C) groups is 1. The van der Waals surface area contributed by atoms with Gasteiger partial charge in [0.15, 0.2) is 5.17 Å². The minimum atomic E-state index is -0.124. The summed E-state index contributed by atoms with van der Waals surface area (Å²) >= 11 is 1.58. The van der Waals surface area contributed by atoms with Gasteiger partial charge in [0.1, 0.15) is 5.69 Å². The van der Waals surface area contributed by atoms with Crippen LogP contribution >= 0.6 is 11.8 Å². The number of benzene rings is 1. The molecule has 98 valence electrons. The molecule has 0 bridgehead atoms. The lowest BCUT2D eigenvalue weighted by Crippen LogP contribution is -2.27. The van der Waals surface area contributed by atoms with E-state index in [1.54, 1.807) is 11.8 Å². The largest absolute Gasteiger partial charge is 0.351 e. The van der Waals surface area contributed by atoms with Crippen LogP contribution in [-0.4, -0.2) is 28.4 Å². The number of nitrogens with one attached hydrogen (secondary N) is 2. The number of aromatic nitrogens is 1. The molecule has 1 amide bonds. The van der Waals surface area contributed by atoms with Crippen molar-refractivity contribution < 1.29 is 4.79 Å². The molecule has 3 rings (SSSR count). The Kier molecular flexibility index (Phi) is 3.06. The van der Waals surface area contributed by atoms with Gasteiger partial charge in [-0.05, 0) is 37.1 Å². The highest BCUT2D eigenvalue weighted by molar-refractivity contribution is 8.14. The van der Waals surface area contributed by atoms with E-state index < -0.39 is 0 Å². The zero-order chi connectivity index (χ0) is 13.4. The second-order valence-electron chi connectivity index (χ2n) is 4.72. The Hall–Kier alpha value is -1.75. The van der Waals surface area contributed by atoms with Crippen molar-refractivity contribution in [3.8, 4) is 0 Å². The molecule has 1 aromatic carbocycles. The summed E-state index contributed by atoms with van der Waals surface area (Å²) < 4.78 is 0. The zero-order valence-corrected chi connectivity index (χ0v) is 11.7. The maximum absolute atomic E-state index is 12.1. The maximum atomic E-state index is 12.1. The highest BCUT2D eigenvalue weighted by Crippen LogP contribution is 2.21. The molecule has 2 aromatic rings. The summed E-state index contributed by atoms with van der Waals surface area (Å²) in [5.41, 5.74) is 3.95. The SMILES string of the molecule is Cc1cc(C)c2cc(C(=O)NC3=NCCS3)[nH]c2c1. The fraction of sp³-hybridized carbons (Fsp3) is 0.286. The number of thioether (sulfide) groups is 1. The molecule has 0 saturated heterocycles. The van der Waals surface area contributed by atoms with E-state index in [2.05, 4.69) is 41.3 Å². The maximum Gasteiger partial charge on any atom is 0.273 e. The Balaban J connectivity index is 1.92. The third-order valence-corrected chi connectivity index (χ3v) is 4.03. The first-order valence-corrected chi connectivity index (χ1v) is 7.20. The van der Waals surface area contributed by atoms with Gasteiger partial charge in [0.2, 0.25) is 0 Å². The second kappa shape index (κ2) is 4.74. The van der Waals surface area contributed by atoms with E-state index in [4.69, 9.17) is 0 Å². The highest BCUT2D eigenvalue weighted by atomic mass is 32.2. The molecule has 0 unspecified atom stereocenters. The van der Waals surface area contributed by atoms with Crippen molar-refractivity contribution in [1.29, 1.82) is 0 Å². The normalized spacial score (nSPS) is 14.7. The van der Waals surface area contributed by atoms with E-state index in [9.17, 15) is 4.79 Å². The summed E-state index contributed by atoms with van der Waals surface area (Å²) in [5, 5.41) is 4.65. The smallest absolute Gasteiger partial charge is 0.273 e. The number of hydrogen-bond acceptors (Lipinski definition) is 3. The zero-order valence-electron chi connectivity index (χ0n) is 10.9. The van der Waals surface area contributed by atoms with Gasteiger partial charge in [-0.1, -0.05) is 17.8 Å². The van der Waals surface area contributed by atoms with E-state index in [0.29, 0.717) is 5.69 Å². The van der Waals surface area contributed by atoms with Crippen molar-refractivity contribution >= 4 is 33.7 Å². The second-order valence-corrected chi connectivity index (χ2v) is 5.80. The van der Waals surface area contributed by atoms with Crippen LogP contribution in [0.25, 0.3) is 10.9 Å². The predicted molar refractivity (Wildman–Crippen MR) is 80.0 cm³/mol. The van der Waals surface area contributed by atoms with Crippen molar-refractivity contribution in [3.63, 3.8) is 0 Å². The summed E-state index contributed by atoms with van der Waals surface area (Å²) in [6.07, 6.45) is 0. The lowest BCUT2D eigenvalue weighted by Gasteiger charge is -2.00. The number of amides is 1. The van der Waals surface area contributed by atoms with Crippen LogP contribution in [0, 0.1) is 13.8 Å². The lowest BCUT2D eigenvalue weighted by atomic mass is 10.1. The van der Waals surface area contributed by atoms with Crippen molar-refractivity contribution in [1.82, 2.24) is 10.3 Å². The van der Waals surface area contributed by atoms with Gasteiger partial charge in [-0.3, -0.25) is 9.79 Å².